The van der Waals surface area contributed by atoms with Crippen molar-refractivity contribution in [1.29, 1.82) is 0 Å². The minimum Gasteiger partial charge on any atom is -0.240 e. The lowest BCUT2D eigenvalue weighted by Crippen LogP contribution is -1.99. The van der Waals surface area contributed by atoms with Crippen LogP contribution in [0.2, 0.25) is 10.2 Å². The van der Waals surface area contributed by atoms with Gasteiger partial charge in [0.05, 0.1) is 11.4 Å². The van der Waals surface area contributed by atoms with Gasteiger partial charge in [0.2, 0.25) is 5.65 Å². The van der Waals surface area contributed by atoms with Crippen LogP contribution in [0.5, 0.6) is 0 Å². The molecule has 0 N–H and O–H groups in total. The Morgan fingerprint density at radius 1 is 0.625 bits per heavy atom. The van der Waals surface area contributed by atoms with Crippen LogP contribution in [0.4, 0.5) is 0 Å². The zero-order chi connectivity index (χ0) is 16.5. The van der Waals surface area contributed by atoms with E-state index in [0.29, 0.717) is 11.2 Å². The molecular weight excluding hydrogens is 343 g/mol. The molecule has 0 atom stereocenters. The molecule has 0 fully saturated rings. The maximum absolute atomic E-state index is 6.25. The average Bonchev–Trinajstić information content (AvgIpc) is 2.65. The lowest BCUT2D eigenvalue weighted by molar-refractivity contribution is 1.04. The molecule has 2 heterocycles. The van der Waals surface area contributed by atoms with E-state index in [9.17, 15) is 0 Å². The molecule has 0 radical (unpaired) electrons. The van der Waals surface area contributed by atoms with E-state index in [4.69, 9.17) is 28.2 Å². The highest BCUT2D eigenvalue weighted by Crippen LogP contribution is 2.33. The van der Waals surface area contributed by atoms with Crippen LogP contribution < -0.4 is 0 Å². The van der Waals surface area contributed by atoms with Crippen molar-refractivity contribution < 1.29 is 0 Å². The molecular formula is C18H10Cl2N4. The Kier molecular flexibility index (Phi) is 3.84. The van der Waals surface area contributed by atoms with E-state index in [0.717, 1.165) is 22.5 Å². The molecule has 2 aromatic carbocycles. The van der Waals surface area contributed by atoms with E-state index < -0.39 is 0 Å². The second-order valence-corrected chi connectivity index (χ2v) is 5.87. The number of hydrogen-bond donors (Lipinski definition) is 0. The average molecular weight is 353 g/mol. The van der Waals surface area contributed by atoms with E-state index in [1.807, 2.05) is 60.7 Å². The summed E-state index contributed by atoms with van der Waals surface area (Å²) in [6.45, 7) is 0. The molecule has 2 aromatic heterocycles. The molecule has 0 saturated carbocycles. The summed E-state index contributed by atoms with van der Waals surface area (Å²) in [5, 5.41) is 8.22. The summed E-state index contributed by atoms with van der Waals surface area (Å²) in [4.78, 5) is 9.35. The minimum absolute atomic E-state index is 0.116. The first-order valence-electron chi connectivity index (χ1n) is 7.24. The smallest absolute Gasteiger partial charge is 0.202 e. The molecule has 24 heavy (non-hydrogen) atoms. The Balaban J connectivity index is 2.08. The number of nitrogens with zero attached hydrogens (tertiary/aromatic N) is 4. The third kappa shape index (κ3) is 2.60. The van der Waals surface area contributed by atoms with Crippen molar-refractivity contribution in [2.24, 2.45) is 0 Å². The van der Waals surface area contributed by atoms with E-state index in [-0.39, 0.29) is 10.2 Å². The van der Waals surface area contributed by atoms with Gasteiger partial charge in [-0.25, -0.2) is 9.97 Å². The highest BCUT2D eigenvalue weighted by Gasteiger charge is 2.17. The zero-order valence-electron chi connectivity index (χ0n) is 12.3. The van der Waals surface area contributed by atoms with Crippen LogP contribution in [0.1, 0.15) is 0 Å². The van der Waals surface area contributed by atoms with Gasteiger partial charge in [-0.3, -0.25) is 0 Å². The lowest BCUT2D eigenvalue weighted by Gasteiger charge is -2.10. The predicted molar refractivity (Wildman–Crippen MR) is 96.0 cm³/mol. The highest BCUT2D eigenvalue weighted by molar-refractivity contribution is 6.43. The Labute approximate surface area is 148 Å². The fourth-order valence-corrected chi connectivity index (χ4v) is 2.76. The first kappa shape index (κ1) is 15.0. The molecule has 0 amide bonds. The Morgan fingerprint density at radius 3 is 1.75 bits per heavy atom. The summed E-state index contributed by atoms with van der Waals surface area (Å²) in [7, 11) is 0. The lowest BCUT2D eigenvalue weighted by atomic mass is 10.0. The molecule has 0 aliphatic rings. The molecule has 4 nitrogen and oxygen atoms in total. The van der Waals surface area contributed by atoms with E-state index in [1.165, 1.54) is 0 Å². The summed E-state index contributed by atoms with van der Waals surface area (Å²) in [5.41, 5.74) is 4.13. The Bertz CT molecular complexity index is 1020. The molecule has 0 aliphatic heterocycles. The fourth-order valence-electron chi connectivity index (χ4n) is 2.47. The molecule has 116 valence electrons. The summed E-state index contributed by atoms with van der Waals surface area (Å²) in [6, 6.07) is 19.6. The summed E-state index contributed by atoms with van der Waals surface area (Å²) < 4.78 is 0. The van der Waals surface area contributed by atoms with Crippen LogP contribution in [-0.2, 0) is 0 Å². The molecule has 6 heteroatoms. The van der Waals surface area contributed by atoms with Crippen LogP contribution in [0, 0.1) is 0 Å². The first-order valence-corrected chi connectivity index (χ1v) is 8.00. The minimum atomic E-state index is 0.116. The van der Waals surface area contributed by atoms with Gasteiger partial charge in [-0.05, 0) is 0 Å². The van der Waals surface area contributed by atoms with Crippen molar-refractivity contribution in [3.8, 4) is 22.5 Å². The van der Waals surface area contributed by atoms with Gasteiger partial charge in [-0.1, -0.05) is 83.9 Å². The number of aromatic nitrogens is 4. The van der Waals surface area contributed by atoms with Gasteiger partial charge in [0.25, 0.3) is 0 Å². The Morgan fingerprint density at radius 2 is 1.17 bits per heavy atom. The SMILES string of the molecule is Clc1nnc2nc(-c3ccccc3)c(-c3ccccc3)nc2c1Cl. The number of halogens is 2. The van der Waals surface area contributed by atoms with E-state index in [1.54, 1.807) is 0 Å². The maximum Gasteiger partial charge on any atom is 0.202 e. The van der Waals surface area contributed by atoms with Gasteiger partial charge in [0.1, 0.15) is 10.5 Å². The van der Waals surface area contributed by atoms with Gasteiger partial charge in [0.15, 0.2) is 5.15 Å². The monoisotopic (exact) mass is 352 g/mol. The van der Waals surface area contributed by atoms with E-state index in [2.05, 4.69) is 15.2 Å². The largest absolute Gasteiger partial charge is 0.240 e. The van der Waals surface area contributed by atoms with Crippen LogP contribution in [-0.4, -0.2) is 20.2 Å². The molecule has 4 aromatic rings. The normalized spacial score (nSPS) is 10.9. The van der Waals surface area contributed by atoms with Crippen LogP contribution in [0.25, 0.3) is 33.7 Å². The van der Waals surface area contributed by atoms with Gasteiger partial charge in [-0.2, -0.15) is 0 Å². The molecule has 0 unspecified atom stereocenters. The third-order valence-electron chi connectivity index (χ3n) is 3.59. The standard InChI is InChI=1S/C18H10Cl2N4/c19-13-16-18(24-23-17(13)20)22-15(12-9-5-2-6-10-12)14(21-16)11-7-3-1-4-8-11/h1-10H. The summed E-state index contributed by atoms with van der Waals surface area (Å²) >= 11 is 12.2. The highest BCUT2D eigenvalue weighted by atomic mass is 35.5. The van der Waals surface area contributed by atoms with Crippen LogP contribution in [0.15, 0.2) is 60.7 Å². The van der Waals surface area contributed by atoms with Crippen molar-refractivity contribution >= 4 is 34.4 Å². The Hall–Kier alpha value is -2.56. The van der Waals surface area contributed by atoms with Crippen molar-refractivity contribution in [3.05, 3.63) is 70.8 Å². The van der Waals surface area contributed by atoms with Gasteiger partial charge in [-0.15, -0.1) is 10.2 Å². The van der Waals surface area contributed by atoms with Crippen molar-refractivity contribution in [2.75, 3.05) is 0 Å². The van der Waals surface area contributed by atoms with Crippen molar-refractivity contribution in [1.82, 2.24) is 20.2 Å². The van der Waals surface area contributed by atoms with Gasteiger partial charge in [0, 0.05) is 11.1 Å². The van der Waals surface area contributed by atoms with Gasteiger partial charge >= 0.3 is 0 Å². The molecule has 0 aliphatic carbocycles. The quantitative estimate of drug-likeness (QED) is 0.505. The topological polar surface area (TPSA) is 51.6 Å². The fraction of sp³-hybridized carbons (Fsp3) is 0. The maximum atomic E-state index is 6.25. The number of benzene rings is 2. The van der Waals surface area contributed by atoms with Crippen molar-refractivity contribution in [3.63, 3.8) is 0 Å². The van der Waals surface area contributed by atoms with E-state index >= 15 is 0 Å². The molecule has 0 spiro atoms. The second-order valence-electron chi connectivity index (χ2n) is 5.13. The molecule has 0 bridgehead atoms. The first-order chi connectivity index (χ1) is 11.7. The van der Waals surface area contributed by atoms with Crippen LogP contribution in [0.3, 0.4) is 0 Å². The number of fused-ring (bicyclic) bond motifs is 1. The number of rotatable bonds is 2. The van der Waals surface area contributed by atoms with Crippen LogP contribution >= 0.6 is 23.2 Å². The summed E-state index contributed by atoms with van der Waals surface area (Å²) in [5.74, 6) is 0. The summed E-state index contributed by atoms with van der Waals surface area (Å²) in [6.07, 6.45) is 0. The number of hydrogen-bond acceptors (Lipinski definition) is 4. The third-order valence-corrected chi connectivity index (χ3v) is 4.31. The predicted octanol–water partition coefficient (Wildman–Crippen LogP) is 5.06. The van der Waals surface area contributed by atoms with Crippen molar-refractivity contribution in [2.45, 2.75) is 0 Å². The second kappa shape index (κ2) is 6.15. The zero-order valence-corrected chi connectivity index (χ0v) is 13.8. The molecule has 0 saturated heterocycles. The molecule has 4 rings (SSSR count). The van der Waals surface area contributed by atoms with Gasteiger partial charge < -0.3 is 0 Å².